The Kier molecular flexibility index (Phi) is 5.90. The standard InChI is InChI=1S/C20H35N3O2/c1-14(2)21-20(25)22-11-6-7-16(13-22)19(24)23-12-10-15(3)17-8-4-5-9-18(17)23/h14-18H,4-13H2,1-3H3,(H,21,25)/t15-,16-,17-,18-/m0/s1. The van der Waals surface area contributed by atoms with E-state index in [9.17, 15) is 9.59 Å². The number of nitrogens with zero attached hydrogens (tertiary/aromatic N) is 2. The third kappa shape index (κ3) is 4.12. The molecule has 2 aliphatic heterocycles. The van der Waals surface area contributed by atoms with E-state index in [1.54, 1.807) is 0 Å². The molecule has 0 bridgehead atoms. The van der Waals surface area contributed by atoms with Crippen LogP contribution in [0.25, 0.3) is 0 Å². The average molecular weight is 350 g/mol. The van der Waals surface area contributed by atoms with Crippen molar-refractivity contribution in [3.05, 3.63) is 0 Å². The first-order valence-electron chi connectivity index (χ1n) is 10.3. The van der Waals surface area contributed by atoms with Gasteiger partial charge in [-0.1, -0.05) is 19.8 Å². The highest BCUT2D eigenvalue weighted by atomic mass is 16.2. The number of likely N-dealkylation sites (tertiary alicyclic amines) is 2. The molecule has 5 nitrogen and oxygen atoms in total. The molecule has 3 rings (SSSR count). The van der Waals surface area contributed by atoms with Crippen molar-refractivity contribution in [2.75, 3.05) is 19.6 Å². The van der Waals surface area contributed by atoms with Gasteiger partial charge in [-0.05, 0) is 57.8 Å². The zero-order valence-electron chi connectivity index (χ0n) is 16.2. The first-order chi connectivity index (χ1) is 12.0. The molecule has 1 N–H and O–H groups in total. The molecular weight excluding hydrogens is 314 g/mol. The Morgan fingerprint density at radius 2 is 1.76 bits per heavy atom. The summed E-state index contributed by atoms with van der Waals surface area (Å²) in [5, 5.41) is 2.96. The highest BCUT2D eigenvalue weighted by Crippen LogP contribution is 2.39. The molecule has 3 amide bonds. The molecule has 3 aliphatic rings. The summed E-state index contributed by atoms with van der Waals surface area (Å²) in [6.07, 6.45) is 8.02. The monoisotopic (exact) mass is 349 g/mol. The van der Waals surface area contributed by atoms with Gasteiger partial charge in [0.15, 0.2) is 0 Å². The fourth-order valence-corrected chi connectivity index (χ4v) is 5.12. The maximum absolute atomic E-state index is 13.3. The first kappa shape index (κ1) is 18.5. The third-order valence-electron chi connectivity index (χ3n) is 6.49. The van der Waals surface area contributed by atoms with Crippen LogP contribution in [0.2, 0.25) is 0 Å². The lowest BCUT2D eigenvalue weighted by molar-refractivity contribution is -0.144. The molecule has 5 heteroatoms. The van der Waals surface area contributed by atoms with Gasteiger partial charge in [0, 0.05) is 31.7 Å². The Morgan fingerprint density at radius 3 is 2.52 bits per heavy atom. The predicted octanol–water partition coefficient (Wildman–Crippen LogP) is 3.24. The van der Waals surface area contributed by atoms with E-state index in [2.05, 4.69) is 17.1 Å². The molecule has 0 aromatic carbocycles. The summed E-state index contributed by atoms with van der Waals surface area (Å²) >= 11 is 0. The van der Waals surface area contributed by atoms with Gasteiger partial charge in [0.2, 0.25) is 5.91 Å². The summed E-state index contributed by atoms with van der Waals surface area (Å²) in [5.41, 5.74) is 0. The molecule has 0 aromatic rings. The van der Waals surface area contributed by atoms with Crippen LogP contribution in [0.5, 0.6) is 0 Å². The van der Waals surface area contributed by atoms with Crippen LogP contribution in [0.1, 0.15) is 65.7 Å². The molecule has 3 fully saturated rings. The minimum Gasteiger partial charge on any atom is -0.339 e. The molecule has 1 aliphatic carbocycles. The SMILES string of the molecule is CC(C)NC(=O)N1CCC[C@H](C(=O)N2CC[C@H](C)[C@@H]3CCCC[C@@H]32)C1. The van der Waals surface area contributed by atoms with Crippen molar-refractivity contribution in [1.82, 2.24) is 15.1 Å². The van der Waals surface area contributed by atoms with E-state index in [4.69, 9.17) is 0 Å². The number of nitrogens with one attached hydrogen (secondary N) is 1. The van der Waals surface area contributed by atoms with Gasteiger partial charge in [-0.2, -0.15) is 0 Å². The Bertz CT molecular complexity index is 493. The van der Waals surface area contributed by atoms with Crippen LogP contribution in [0.4, 0.5) is 4.79 Å². The van der Waals surface area contributed by atoms with E-state index in [-0.39, 0.29) is 18.0 Å². The Hall–Kier alpha value is -1.26. The van der Waals surface area contributed by atoms with Gasteiger partial charge in [0.05, 0.1) is 5.92 Å². The Morgan fingerprint density at radius 1 is 1.00 bits per heavy atom. The van der Waals surface area contributed by atoms with Gasteiger partial charge in [-0.3, -0.25) is 4.79 Å². The summed E-state index contributed by atoms with van der Waals surface area (Å²) in [4.78, 5) is 29.6. The topological polar surface area (TPSA) is 52.7 Å². The van der Waals surface area contributed by atoms with Crippen LogP contribution >= 0.6 is 0 Å². The lowest BCUT2D eigenvalue weighted by atomic mass is 9.72. The second kappa shape index (κ2) is 7.96. The molecule has 0 radical (unpaired) electrons. The van der Waals surface area contributed by atoms with Crippen LogP contribution in [-0.2, 0) is 4.79 Å². The Labute approximate surface area is 152 Å². The van der Waals surface area contributed by atoms with E-state index >= 15 is 0 Å². The molecule has 0 spiro atoms. The van der Waals surface area contributed by atoms with E-state index in [0.717, 1.165) is 38.3 Å². The predicted molar refractivity (Wildman–Crippen MR) is 99.2 cm³/mol. The van der Waals surface area contributed by atoms with Crippen molar-refractivity contribution in [2.24, 2.45) is 17.8 Å². The number of rotatable bonds is 2. The summed E-state index contributed by atoms with van der Waals surface area (Å²) < 4.78 is 0. The molecule has 0 aromatic heterocycles. The maximum Gasteiger partial charge on any atom is 0.317 e. The molecule has 0 unspecified atom stereocenters. The van der Waals surface area contributed by atoms with Gasteiger partial charge in [0.1, 0.15) is 0 Å². The van der Waals surface area contributed by atoms with Gasteiger partial charge < -0.3 is 15.1 Å². The van der Waals surface area contributed by atoms with Crippen molar-refractivity contribution in [3.63, 3.8) is 0 Å². The van der Waals surface area contributed by atoms with Crippen molar-refractivity contribution in [2.45, 2.75) is 77.8 Å². The summed E-state index contributed by atoms with van der Waals surface area (Å²) in [6.45, 7) is 8.58. The highest BCUT2D eigenvalue weighted by molar-refractivity contribution is 5.81. The summed E-state index contributed by atoms with van der Waals surface area (Å²) in [5.74, 6) is 1.73. The van der Waals surface area contributed by atoms with Crippen LogP contribution in [0.3, 0.4) is 0 Å². The minimum absolute atomic E-state index is 0.0114. The van der Waals surface area contributed by atoms with Crippen molar-refractivity contribution in [3.8, 4) is 0 Å². The summed E-state index contributed by atoms with van der Waals surface area (Å²) in [7, 11) is 0. The zero-order valence-corrected chi connectivity index (χ0v) is 16.2. The second-order valence-electron chi connectivity index (χ2n) is 8.70. The molecular formula is C20H35N3O2. The van der Waals surface area contributed by atoms with Crippen molar-refractivity contribution < 1.29 is 9.59 Å². The Balaban J connectivity index is 1.64. The largest absolute Gasteiger partial charge is 0.339 e. The van der Waals surface area contributed by atoms with Gasteiger partial charge in [-0.25, -0.2) is 4.79 Å². The molecule has 1 saturated carbocycles. The normalized spacial score (nSPS) is 33.1. The third-order valence-corrected chi connectivity index (χ3v) is 6.49. The van der Waals surface area contributed by atoms with Crippen molar-refractivity contribution >= 4 is 11.9 Å². The number of piperidine rings is 2. The smallest absolute Gasteiger partial charge is 0.317 e. The second-order valence-corrected chi connectivity index (χ2v) is 8.70. The molecule has 2 heterocycles. The quantitative estimate of drug-likeness (QED) is 0.832. The van der Waals surface area contributed by atoms with E-state index in [1.807, 2.05) is 18.7 Å². The lowest BCUT2D eigenvalue weighted by Gasteiger charge is -2.48. The van der Waals surface area contributed by atoms with Gasteiger partial charge in [-0.15, -0.1) is 0 Å². The maximum atomic E-state index is 13.3. The van der Waals surface area contributed by atoms with E-state index in [1.165, 1.54) is 25.7 Å². The van der Waals surface area contributed by atoms with Crippen LogP contribution < -0.4 is 5.32 Å². The number of hydrogen-bond donors (Lipinski definition) is 1. The van der Waals surface area contributed by atoms with Crippen LogP contribution in [0.15, 0.2) is 0 Å². The van der Waals surface area contributed by atoms with Gasteiger partial charge in [0.25, 0.3) is 0 Å². The zero-order chi connectivity index (χ0) is 18.0. The average Bonchev–Trinajstić information content (AvgIpc) is 2.61. The van der Waals surface area contributed by atoms with Crippen LogP contribution in [-0.4, -0.2) is 53.5 Å². The van der Waals surface area contributed by atoms with Gasteiger partial charge >= 0.3 is 6.03 Å². The molecule has 142 valence electrons. The number of fused-ring (bicyclic) bond motifs is 1. The fourth-order valence-electron chi connectivity index (χ4n) is 5.12. The summed E-state index contributed by atoms with van der Waals surface area (Å²) in [6, 6.07) is 0.565. The number of hydrogen-bond acceptors (Lipinski definition) is 2. The van der Waals surface area contributed by atoms with E-state index < -0.39 is 0 Å². The fraction of sp³-hybridized carbons (Fsp3) is 0.900. The molecule has 25 heavy (non-hydrogen) atoms. The molecule has 2 saturated heterocycles. The number of urea groups is 1. The number of amides is 3. The first-order valence-corrected chi connectivity index (χ1v) is 10.3. The number of carbonyl (C=O) groups excluding carboxylic acids is 2. The number of carbonyl (C=O) groups is 2. The lowest BCUT2D eigenvalue weighted by Crippen LogP contribution is -2.56. The van der Waals surface area contributed by atoms with E-state index in [0.29, 0.717) is 24.4 Å². The highest BCUT2D eigenvalue weighted by Gasteiger charge is 2.42. The van der Waals surface area contributed by atoms with Crippen molar-refractivity contribution in [1.29, 1.82) is 0 Å². The minimum atomic E-state index is -0.0182. The van der Waals surface area contributed by atoms with Crippen LogP contribution in [0, 0.1) is 17.8 Å². The molecule has 4 atom stereocenters.